The van der Waals surface area contributed by atoms with Crippen LogP contribution in [-0.4, -0.2) is 22.0 Å². The molecule has 2 aromatic heterocycles. The van der Waals surface area contributed by atoms with Crippen molar-refractivity contribution < 1.29 is 0 Å². The second-order valence-electron chi connectivity index (χ2n) is 3.62. The molecule has 0 fully saturated rings. The highest BCUT2D eigenvalue weighted by Gasteiger charge is 2.10. The van der Waals surface area contributed by atoms with Gasteiger partial charge in [-0.1, -0.05) is 0 Å². The van der Waals surface area contributed by atoms with Crippen LogP contribution in [-0.2, 0) is 0 Å². The maximum absolute atomic E-state index is 4.48. The van der Waals surface area contributed by atoms with Gasteiger partial charge in [-0.05, 0) is 20.9 Å². The number of aryl methyl sites for hydroxylation is 1. The normalized spacial score (nSPS) is 12.7. The summed E-state index contributed by atoms with van der Waals surface area (Å²) in [6.07, 6.45) is 1.87. The van der Waals surface area contributed by atoms with E-state index in [1.54, 1.807) is 16.8 Å². The minimum atomic E-state index is 0.268. The summed E-state index contributed by atoms with van der Waals surface area (Å²) in [5.74, 6) is 0.700. The number of hydrogen-bond acceptors (Lipinski definition) is 5. The van der Waals surface area contributed by atoms with E-state index in [-0.39, 0.29) is 6.04 Å². The third-order valence-electron chi connectivity index (χ3n) is 2.58. The van der Waals surface area contributed by atoms with Crippen molar-refractivity contribution in [1.82, 2.24) is 20.3 Å². The van der Waals surface area contributed by atoms with Crippen LogP contribution in [0.5, 0.6) is 0 Å². The van der Waals surface area contributed by atoms with Gasteiger partial charge < -0.3 is 5.32 Å². The van der Waals surface area contributed by atoms with Crippen LogP contribution in [0.1, 0.15) is 24.2 Å². The van der Waals surface area contributed by atoms with Crippen molar-refractivity contribution >= 4 is 11.3 Å². The van der Waals surface area contributed by atoms with E-state index in [0.717, 1.165) is 17.0 Å². The smallest absolute Gasteiger partial charge is 0.179 e. The predicted molar refractivity (Wildman–Crippen MR) is 65.4 cm³/mol. The average molecular weight is 234 g/mol. The summed E-state index contributed by atoms with van der Waals surface area (Å²) in [5.41, 5.74) is 4.76. The Hall–Kier alpha value is -1.33. The Balaban J connectivity index is 2.37. The van der Waals surface area contributed by atoms with Gasteiger partial charge in [0, 0.05) is 28.9 Å². The zero-order valence-corrected chi connectivity index (χ0v) is 10.4. The fourth-order valence-electron chi connectivity index (χ4n) is 1.50. The molecule has 84 valence electrons. The molecular formula is C11H14N4S. The second-order valence-corrected chi connectivity index (χ2v) is 4.34. The molecule has 4 nitrogen and oxygen atoms in total. The van der Waals surface area contributed by atoms with Crippen LogP contribution in [0, 0.1) is 6.92 Å². The third-order valence-corrected chi connectivity index (χ3v) is 3.16. The number of nitrogens with one attached hydrogen (secondary N) is 1. The predicted octanol–water partition coefficient (Wildman–Crippen LogP) is 2.19. The van der Waals surface area contributed by atoms with E-state index in [1.165, 1.54) is 0 Å². The van der Waals surface area contributed by atoms with Crippen molar-refractivity contribution in [3.8, 4) is 11.5 Å². The Kier molecular flexibility index (Phi) is 3.26. The largest absolute Gasteiger partial charge is 0.313 e. The first-order chi connectivity index (χ1) is 7.72. The Bertz CT molecular complexity index is 467. The molecule has 0 saturated heterocycles. The number of rotatable bonds is 3. The molecule has 0 saturated carbocycles. The standard InChI is InChI=1S/C11H14N4S/c1-7(12-3)9-4-13-11(15-8(9)2)10-5-16-6-14-10/h4-7,12H,1-3H3. The van der Waals surface area contributed by atoms with Gasteiger partial charge >= 0.3 is 0 Å². The monoisotopic (exact) mass is 234 g/mol. The molecule has 0 aromatic carbocycles. The molecule has 0 aliphatic rings. The highest BCUT2D eigenvalue weighted by atomic mass is 32.1. The lowest BCUT2D eigenvalue weighted by atomic mass is 10.1. The van der Waals surface area contributed by atoms with Gasteiger partial charge in [-0.2, -0.15) is 0 Å². The average Bonchev–Trinajstić information content (AvgIpc) is 2.81. The van der Waals surface area contributed by atoms with Crippen LogP contribution in [0.3, 0.4) is 0 Å². The SMILES string of the molecule is CNC(C)c1cnc(-c2cscn2)nc1C. The van der Waals surface area contributed by atoms with E-state index in [0.29, 0.717) is 5.82 Å². The van der Waals surface area contributed by atoms with Gasteiger partial charge in [0.25, 0.3) is 0 Å². The highest BCUT2D eigenvalue weighted by molar-refractivity contribution is 7.07. The molecule has 0 radical (unpaired) electrons. The number of thiazole rings is 1. The summed E-state index contributed by atoms with van der Waals surface area (Å²) in [7, 11) is 1.93. The van der Waals surface area contributed by atoms with Crippen molar-refractivity contribution in [1.29, 1.82) is 0 Å². The molecule has 0 aliphatic carbocycles. The van der Waals surface area contributed by atoms with Crippen LogP contribution < -0.4 is 5.32 Å². The zero-order chi connectivity index (χ0) is 11.5. The first-order valence-corrected chi connectivity index (χ1v) is 6.06. The van der Waals surface area contributed by atoms with Crippen LogP contribution in [0.25, 0.3) is 11.5 Å². The number of hydrogen-bond donors (Lipinski definition) is 1. The molecule has 5 heteroatoms. The van der Waals surface area contributed by atoms with E-state index in [1.807, 2.05) is 25.5 Å². The van der Waals surface area contributed by atoms with Crippen molar-refractivity contribution in [3.05, 3.63) is 28.3 Å². The third kappa shape index (κ3) is 2.10. The lowest BCUT2D eigenvalue weighted by Crippen LogP contribution is -2.14. The summed E-state index contributed by atoms with van der Waals surface area (Å²) >= 11 is 1.55. The minimum absolute atomic E-state index is 0.268. The molecule has 0 spiro atoms. The van der Waals surface area contributed by atoms with Crippen LogP contribution in [0.4, 0.5) is 0 Å². The van der Waals surface area contributed by atoms with Crippen LogP contribution in [0.2, 0.25) is 0 Å². The summed E-state index contributed by atoms with van der Waals surface area (Å²) < 4.78 is 0. The summed E-state index contributed by atoms with van der Waals surface area (Å²) in [5, 5.41) is 5.14. The quantitative estimate of drug-likeness (QED) is 0.884. The van der Waals surface area contributed by atoms with E-state index in [4.69, 9.17) is 0 Å². The molecule has 0 aliphatic heterocycles. The lowest BCUT2D eigenvalue weighted by molar-refractivity contribution is 0.641. The second kappa shape index (κ2) is 4.67. The summed E-state index contributed by atoms with van der Waals surface area (Å²) in [6.45, 7) is 4.09. The Labute approximate surface area is 98.8 Å². The van der Waals surface area contributed by atoms with Gasteiger partial charge in [0.05, 0.1) is 5.51 Å². The van der Waals surface area contributed by atoms with Crippen molar-refractivity contribution in [3.63, 3.8) is 0 Å². The van der Waals surface area contributed by atoms with E-state index >= 15 is 0 Å². The number of nitrogens with zero attached hydrogens (tertiary/aromatic N) is 3. The Morgan fingerprint density at radius 1 is 1.38 bits per heavy atom. The summed E-state index contributed by atoms with van der Waals surface area (Å²) in [6, 6.07) is 0.268. The van der Waals surface area contributed by atoms with Crippen molar-refractivity contribution in [2.75, 3.05) is 7.05 Å². The van der Waals surface area contributed by atoms with E-state index < -0.39 is 0 Å². The van der Waals surface area contributed by atoms with Crippen molar-refractivity contribution in [2.24, 2.45) is 0 Å². The van der Waals surface area contributed by atoms with Crippen LogP contribution >= 0.6 is 11.3 Å². The van der Waals surface area contributed by atoms with E-state index in [9.17, 15) is 0 Å². The fourth-order valence-corrected chi connectivity index (χ4v) is 2.03. The molecule has 2 rings (SSSR count). The first-order valence-electron chi connectivity index (χ1n) is 5.11. The fraction of sp³-hybridized carbons (Fsp3) is 0.364. The molecule has 1 atom stereocenters. The molecule has 16 heavy (non-hydrogen) atoms. The van der Waals surface area contributed by atoms with Gasteiger partial charge in [-0.3, -0.25) is 0 Å². The number of aromatic nitrogens is 3. The maximum atomic E-state index is 4.48. The van der Waals surface area contributed by atoms with Crippen molar-refractivity contribution in [2.45, 2.75) is 19.9 Å². The van der Waals surface area contributed by atoms with Gasteiger partial charge in [0.2, 0.25) is 0 Å². The molecule has 1 unspecified atom stereocenters. The maximum Gasteiger partial charge on any atom is 0.179 e. The highest BCUT2D eigenvalue weighted by Crippen LogP contribution is 2.19. The molecular weight excluding hydrogens is 220 g/mol. The molecule has 2 aromatic rings. The summed E-state index contributed by atoms with van der Waals surface area (Å²) in [4.78, 5) is 13.0. The first kappa shape index (κ1) is 11.2. The molecule has 1 N–H and O–H groups in total. The zero-order valence-electron chi connectivity index (χ0n) is 9.56. The van der Waals surface area contributed by atoms with Gasteiger partial charge in [0.15, 0.2) is 5.82 Å². The van der Waals surface area contributed by atoms with E-state index in [2.05, 4.69) is 27.2 Å². The molecule has 2 heterocycles. The van der Waals surface area contributed by atoms with Crippen LogP contribution in [0.15, 0.2) is 17.1 Å². The van der Waals surface area contributed by atoms with Gasteiger partial charge in [-0.25, -0.2) is 15.0 Å². The minimum Gasteiger partial charge on any atom is -0.313 e. The Morgan fingerprint density at radius 3 is 2.75 bits per heavy atom. The lowest BCUT2D eigenvalue weighted by Gasteiger charge is -2.12. The molecule has 0 amide bonds. The molecule has 0 bridgehead atoms. The van der Waals surface area contributed by atoms with Gasteiger partial charge in [-0.15, -0.1) is 11.3 Å². The topological polar surface area (TPSA) is 50.7 Å². The Morgan fingerprint density at radius 2 is 2.19 bits per heavy atom. The van der Waals surface area contributed by atoms with Gasteiger partial charge in [0.1, 0.15) is 5.69 Å².